The fraction of sp³-hybridized carbons (Fsp3) is 0.333. The third-order valence-electron chi connectivity index (χ3n) is 1.68. The van der Waals surface area contributed by atoms with Crippen LogP contribution >= 0.6 is 22.5 Å². The van der Waals surface area contributed by atoms with Crippen LogP contribution in [0, 0.1) is 0 Å². The largest absolute Gasteiger partial charge is 0.378 e. The molecule has 3 heteroatoms. The van der Waals surface area contributed by atoms with Crippen molar-refractivity contribution in [3.63, 3.8) is 0 Å². The maximum atomic E-state index is 4.10. The van der Waals surface area contributed by atoms with Gasteiger partial charge in [-0.2, -0.15) is 0 Å². The first-order valence-corrected chi connectivity index (χ1v) is 5.80. The lowest BCUT2D eigenvalue weighted by Gasteiger charge is -2.12. The summed E-state index contributed by atoms with van der Waals surface area (Å²) in [6, 6.07) is 8.52. The SMILES string of the molecule is CN(C)c1ccc(CSS)cc1. The van der Waals surface area contributed by atoms with E-state index in [0.29, 0.717) is 0 Å². The summed E-state index contributed by atoms with van der Waals surface area (Å²) in [4.78, 5) is 2.09. The molecule has 0 aliphatic rings. The molecule has 12 heavy (non-hydrogen) atoms. The highest BCUT2D eigenvalue weighted by molar-refractivity contribution is 8.68. The highest BCUT2D eigenvalue weighted by Crippen LogP contribution is 2.18. The van der Waals surface area contributed by atoms with E-state index in [4.69, 9.17) is 0 Å². The molecule has 1 aromatic rings. The number of hydrogen-bond donors (Lipinski definition) is 1. The molecule has 0 spiro atoms. The lowest BCUT2D eigenvalue weighted by Crippen LogP contribution is -2.08. The predicted octanol–water partition coefficient (Wildman–Crippen LogP) is 2.83. The summed E-state index contributed by atoms with van der Waals surface area (Å²) in [5, 5.41) is 0. The van der Waals surface area contributed by atoms with Gasteiger partial charge in [0.1, 0.15) is 0 Å². The van der Waals surface area contributed by atoms with Gasteiger partial charge in [-0.15, -0.1) is 11.7 Å². The van der Waals surface area contributed by atoms with Gasteiger partial charge >= 0.3 is 0 Å². The number of hydrogen-bond acceptors (Lipinski definition) is 3. The Kier molecular flexibility index (Phi) is 3.82. The molecule has 0 aliphatic heterocycles. The molecule has 0 atom stereocenters. The minimum atomic E-state index is 0.969. The molecule has 0 saturated carbocycles. The van der Waals surface area contributed by atoms with E-state index in [0.717, 1.165) is 5.75 Å². The van der Waals surface area contributed by atoms with Crippen molar-refractivity contribution in [1.29, 1.82) is 0 Å². The number of benzene rings is 1. The van der Waals surface area contributed by atoms with E-state index in [1.165, 1.54) is 11.3 Å². The summed E-state index contributed by atoms with van der Waals surface area (Å²) < 4.78 is 0. The molecule has 0 fully saturated rings. The Morgan fingerprint density at radius 1 is 1.25 bits per heavy atom. The van der Waals surface area contributed by atoms with Gasteiger partial charge < -0.3 is 4.90 Å². The summed E-state index contributed by atoms with van der Waals surface area (Å²) in [5.74, 6) is 0.969. The number of thiol groups is 1. The summed E-state index contributed by atoms with van der Waals surface area (Å²) >= 11 is 4.10. The molecule has 1 nitrogen and oxygen atoms in total. The topological polar surface area (TPSA) is 3.24 Å². The normalized spacial score (nSPS) is 9.92. The van der Waals surface area contributed by atoms with Crippen LogP contribution in [0.4, 0.5) is 5.69 Å². The average Bonchev–Trinajstić information content (AvgIpc) is 2.06. The minimum absolute atomic E-state index is 0.969. The highest BCUT2D eigenvalue weighted by Gasteiger charge is 1.94. The van der Waals surface area contributed by atoms with Crippen LogP contribution in [0.3, 0.4) is 0 Å². The molecular weight excluding hydrogens is 186 g/mol. The third-order valence-corrected chi connectivity index (χ3v) is 2.53. The molecular formula is C9H13NS2. The molecule has 0 amide bonds. The van der Waals surface area contributed by atoms with Crippen molar-refractivity contribution < 1.29 is 0 Å². The Balaban J connectivity index is 2.71. The fourth-order valence-electron chi connectivity index (χ4n) is 0.965. The quantitative estimate of drug-likeness (QED) is 0.589. The third kappa shape index (κ3) is 2.64. The van der Waals surface area contributed by atoms with Crippen molar-refractivity contribution in [2.75, 3.05) is 19.0 Å². The molecule has 0 heterocycles. The zero-order valence-electron chi connectivity index (χ0n) is 7.32. The zero-order valence-corrected chi connectivity index (χ0v) is 9.03. The van der Waals surface area contributed by atoms with E-state index in [9.17, 15) is 0 Å². The maximum absolute atomic E-state index is 4.10. The standard InChI is InChI=1S/C9H13NS2/c1-10(2)9-5-3-8(4-6-9)7-12-11/h3-6,11H,7H2,1-2H3. The Morgan fingerprint density at radius 3 is 2.25 bits per heavy atom. The Bertz CT molecular complexity index is 231. The molecule has 0 unspecified atom stereocenters. The Hall–Kier alpha value is -0.280. The smallest absolute Gasteiger partial charge is 0.0361 e. The molecule has 0 saturated heterocycles. The zero-order chi connectivity index (χ0) is 8.97. The van der Waals surface area contributed by atoms with E-state index >= 15 is 0 Å². The van der Waals surface area contributed by atoms with Gasteiger partial charge in [0.15, 0.2) is 0 Å². The maximum Gasteiger partial charge on any atom is 0.0361 e. The van der Waals surface area contributed by atoms with Gasteiger partial charge in [0.25, 0.3) is 0 Å². The van der Waals surface area contributed by atoms with Crippen LogP contribution in [0.25, 0.3) is 0 Å². The van der Waals surface area contributed by atoms with Crippen molar-refractivity contribution in [2.45, 2.75) is 5.75 Å². The second-order valence-corrected chi connectivity index (χ2v) is 4.16. The summed E-state index contributed by atoms with van der Waals surface area (Å²) in [6.45, 7) is 0. The van der Waals surface area contributed by atoms with Gasteiger partial charge in [0, 0.05) is 25.5 Å². The van der Waals surface area contributed by atoms with Crippen molar-refractivity contribution in [3.8, 4) is 0 Å². The van der Waals surface area contributed by atoms with Crippen molar-refractivity contribution >= 4 is 28.1 Å². The lowest BCUT2D eigenvalue weighted by molar-refractivity contribution is 1.13. The van der Waals surface area contributed by atoms with Crippen molar-refractivity contribution in [1.82, 2.24) is 0 Å². The number of anilines is 1. The molecule has 0 aliphatic carbocycles. The van der Waals surface area contributed by atoms with Gasteiger partial charge in [0.05, 0.1) is 0 Å². The van der Waals surface area contributed by atoms with E-state index in [1.54, 1.807) is 10.8 Å². The van der Waals surface area contributed by atoms with Crippen LogP contribution in [0.5, 0.6) is 0 Å². The summed E-state index contributed by atoms with van der Waals surface area (Å²) in [6.07, 6.45) is 0. The second kappa shape index (κ2) is 4.67. The highest BCUT2D eigenvalue weighted by atomic mass is 33.1. The first-order chi connectivity index (χ1) is 5.74. The van der Waals surface area contributed by atoms with Crippen molar-refractivity contribution in [2.24, 2.45) is 0 Å². The van der Waals surface area contributed by atoms with E-state index in [2.05, 4.69) is 40.8 Å². The van der Waals surface area contributed by atoms with Crippen LogP contribution in [-0.4, -0.2) is 14.1 Å². The molecule has 0 bridgehead atoms. The molecule has 0 aromatic heterocycles. The van der Waals surface area contributed by atoms with Crippen LogP contribution in [0.15, 0.2) is 24.3 Å². The minimum Gasteiger partial charge on any atom is -0.378 e. The van der Waals surface area contributed by atoms with Gasteiger partial charge in [-0.3, -0.25) is 0 Å². The fourth-order valence-corrected chi connectivity index (χ4v) is 1.75. The Labute approximate surface area is 83.0 Å². The number of nitrogens with zero attached hydrogens (tertiary/aromatic N) is 1. The number of rotatable bonds is 3. The average molecular weight is 199 g/mol. The second-order valence-electron chi connectivity index (χ2n) is 2.83. The van der Waals surface area contributed by atoms with Crippen LogP contribution in [-0.2, 0) is 5.75 Å². The molecule has 66 valence electrons. The lowest BCUT2D eigenvalue weighted by atomic mass is 10.2. The van der Waals surface area contributed by atoms with Gasteiger partial charge in [-0.1, -0.05) is 22.9 Å². The van der Waals surface area contributed by atoms with Crippen LogP contribution in [0.2, 0.25) is 0 Å². The summed E-state index contributed by atoms with van der Waals surface area (Å²) in [5.41, 5.74) is 2.56. The van der Waals surface area contributed by atoms with E-state index in [1.807, 2.05) is 14.1 Å². The van der Waals surface area contributed by atoms with E-state index < -0.39 is 0 Å². The Morgan fingerprint density at radius 2 is 1.83 bits per heavy atom. The van der Waals surface area contributed by atoms with Crippen LogP contribution in [0.1, 0.15) is 5.56 Å². The van der Waals surface area contributed by atoms with Crippen molar-refractivity contribution in [3.05, 3.63) is 29.8 Å². The van der Waals surface area contributed by atoms with Crippen LogP contribution < -0.4 is 4.90 Å². The first kappa shape index (κ1) is 9.81. The predicted molar refractivity (Wildman–Crippen MR) is 61.1 cm³/mol. The summed E-state index contributed by atoms with van der Waals surface area (Å²) in [7, 11) is 5.64. The monoisotopic (exact) mass is 199 g/mol. The molecule has 0 N–H and O–H groups in total. The molecule has 0 radical (unpaired) electrons. The van der Waals surface area contributed by atoms with E-state index in [-0.39, 0.29) is 0 Å². The molecule has 1 aromatic carbocycles. The molecule has 1 rings (SSSR count). The van der Waals surface area contributed by atoms with Gasteiger partial charge in [0.2, 0.25) is 0 Å². The van der Waals surface area contributed by atoms with Gasteiger partial charge in [-0.05, 0) is 17.7 Å². The first-order valence-electron chi connectivity index (χ1n) is 3.76. The van der Waals surface area contributed by atoms with Gasteiger partial charge in [-0.25, -0.2) is 0 Å².